The zero-order valence-electron chi connectivity index (χ0n) is 22.5. The smallest absolute Gasteiger partial charge is 0.421 e. The predicted molar refractivity (Wildman–Crippen MR) is 149 cm³/mol. The fourth-order valence-corrected chi connectivity index (χ4v) is 5.01. The van der Waals surface area contributed by atoms with Crippen LogP contribution in [0.15, 0.2) is 48.5 Å². The Morgan fingerprint density at radius 1 is 0.973 bits per heavy atom. The van der Waals surface area contributed by atoms with E-state index in [0.29, 0.717) is 17.0 Å². The average Bonchev–Trinajstić information content (AvgIpc) is 3.14. The molecule has 0 fully saturated rings. The van der Waals surface area contributed by atoms with Crippen molar-refractivity contribution in [3.8, 4) is 5.75 Å². The number of hydrogen-bond acceptors (Lipinski definition) is 7. The summed E-state index contributed by atoms with van der Waals surface area (Å²) in [6.07, 6.45) is -0.723. The van der Waals surface area contributed by atoms with Crippen LogP contribution in [0.1, 0.15) is 56.8 Å². The number of benzene rings is 2. The van der Waals surface area contributed by atoms with Gasteiger partial charge in [-0.1, -0.05) is 32.1 Å². The molecule has 1 heterocycles. The summed E-state index contributed by atoms with van der Waals surface area (Å²) in [5, 5.41) is 0.180. The van der Waals surface area contributed by atoms with Gasteiger partial charge in [0.2, 0.25) is 19.2 Å². The van der Waals surface area contributed by atoms with Crippen LogP contribution >= 0.6 is 11.3 Å². The number of aromatic nitrogens is 1. The highest BCUT2D eigenvalue weighted by molar-refractivity contribution is 7.18. The van der Waals surface area contributed by atoms with E-state index in [9.17, 15) is 14.0 Å². The minimum absolute atomic E-state index is 0.0118. The van der Waals surface area contributed by atoms with Gasteiger partial charge >= 0.3 is 6.09 Å². The van der Waals surface area contributed by atoms with Crippen LogP contribution in [0.2, 0.25) is 18.1 Å². The van der Waals surface area contributed by atoms with Crippen molar-refractivity contribution in [3.05, 3.63) is 64.8 Å². The van der Waals surface area contributed by atoms with E-state index in [2.05, 4.69) is 38.8 Å². The number of hydrogen-bond donors (Lipinski definition) is 1. The van der Waals surface area contributed by atoms with Crippen LogP contribution in [0.25, 0.3) is 0 Å². The number of carbonyl (C=O) groups is 2. The van der Waals surface area contributed by atoms with Crippen molar-refractivity contribution in [3.63, 3.8) is 0 Å². The Labute approximate surface area is 222 Å². The summed E-state index contributed by atoms with van der Waals surface area (Å²) in [4.78, 5) is 32.0. The molecule has 0 spiro atoms. The van der Waals surface area contributed by atoms with Gasteiger partial charge in [0.1, 0.15) is 27.9 Å². The van der Waals surface area contributed by atoms with Crippen molar-refractivity contribution in [2.75, 3.05) is 10.6 Å². The van der Waals surface area contributed by atoms with Gasteiger partial charge in [0, 0.05) is 5.56 Å². The number of thiazole rings is 1. The van der Waals surface area contributed by atoms with Gasteiger partial charge in [0.05, 0.1) is 5.69 Å². The molecule has 10 heteroatoms. The maximum Gasteiger partial charge on any atom is 0.421 e. The second-order valence-electron chi connectivity index (χ2n) is 11.2. The molecular weight excluding hydrogens is 509 g/mol. The number of amides is 1. The second kappa shape index (κ2) is 10.3. The molecule has 0 unspecified atom stereocenters. The van der Waals surface area contributed by atoms with E-state index in [1.165, 1.54) is 29.2 Å². The third-order valence-corrected chi connectivity index (χ3v) is 11.4. The van der Waals surface area contributed by atoms with Crippen molar-refractivity contribution in [2.24, 2.45) is 0 Å². The highest BCUT2D eigenvalue weighted by Crippen LogP contribution is 2.38. The molecule has 3 rings (SSSR count). The number of ketones is 1. The summed E-state index contributed by atoms with van der Waals surface area (Å²) in [7, 11) is -2.02. The minimum Gasteiger partial charge on any atom is -0.544 e. The first-order valence-corrected chi connectivity index (χ1v) is 15.6. The van der Waals surface area contributed by atoms with Gasteiger partial charge < -0.3 is 14.9 Å². The summed E-state index contributed by atoms with van der Waals surface area (Å²) in [6, 6.07) is 12.2. The first kappa shape index (κ1) is 28.3. The Morgan fingerprint density at radius 3 is 2.05 bits per heavy atom. The van der Waals surface area contributed by atoms with Gasteiger partial charge in [-0.2, -0.15) is 0 Å². The molecule has 0 saturated carbocycles. The summed E-state index contributed by atoms with van der Waals surface area (Å²) in [6.45, 7) is 16.0. The third-order valence-electron chi connectivity index (χ3n) is 6.00. The number of carbonyl (C=O) groups excluding carboxylic acids is 2. The summed E-state index contributed by atoms with van der Waals surface area (Å²) in [5.41, 5.74) is 6.08. The van der Waals surface area contributed by atoms with Gasteiger partial charge in [0.15, 0.2) is 0 Å². The molecule has 1 amide bonds. The summed E-state index contributed by atoms with van der Waals surface area (Å²) in [5.74, 6) is -0.0949. The Morgan fingerprint density at radius 2 is 1.54 bits per heavy atom. The molecule has 0 aliphatic heterocycles. The maximum atomic E-state index is 13.5. The first-order valence-electron chi connectivity index (χ1n) is 11.9. The molecule has 0 radical (unpaired) electrons. The predicted octanol–water partition coefficient (Wildman–Crippen LogP) is 7.55. The van der Waals surface area contributed by atoms with Crippen LogP contribution in [-0.4, -0.2) is 30.8 Å². The normalized spacial score (nSPS) is 12.2. The number of nitrogen functional groups attached to an aromatic ring is 1. The number of anilines is 3. The zero-order chi connectivity index (χ0) is 27.8. The van der Waals surface area contributed by atoms with Crippen LogP contribution in [-0.2, 0) is 4.74 Å². The lowest BCUT2D eigenvalue weighted by molar-refractivity contribution is 0.0599. The van der Waals surface area contributed by atoms with Crippen molar-refractivity contribution in [1.29, 1.82) is 0 Å². The van der Waals surface area contributed by atoms with E-state index in [-0.39, 0.29) is 26.6 Å². The van der Waals surface area contributed by atoms with Crippen LogP contribution in [0.5, 0.6) is 5.75 Å². The minimum atomic E-state index is -2.02. The topological polar surface area (TPSA) is 94.8 Å². The summed E-state index contributed by atoms with van der Waals surface area (Å²) >= 11 is 0.963. The molecule has 7 nitrogen and oxygen atoms in total. The van der Waals surface area contributed by atoms with Gasteiger partial charge in [-0.25, -0.2) is 19.1 Å². The van der Waals surface area contributed by atoms with E-state index in [1.54, 1.807) is 45.0 Å². The molecule has 0 saturated heterocycles. The highest BCUT2D eigenvalue weighted by atomic mass is 32.1. The van der Waals surface area contributed by atoms with Crippen molar-refractivity contribution < 1.29 is 23.1 Å². The SMILES string of the molecule is CC(C)(C)OC(=O)N(c1ccc(F)cc1)c1nc(N)c(C(=O)c2ccc(O[Si](C)(C)C(C)(C)C)cc2)s1. The maximum absolute atomic E-state index is 13.5. The fraction of sp³-hybridized carbons (Fsp3) is 0.370. The molecule has 198 valence electrons. The van der Waals surface area contributed by atoms with Crippen LogP contribution in [0.3, 0.4) is 0 Å². The molecule has 0 bridgehead atoms. The number of nitrogens with two attached hydrogens (primary N) is 1. The average molecular weight is 544 g/mol. The van der Waals surface area contributed by atoms with E-state index in [1.807, 2.05) is 0 Å². The molecule has 1 aromatic heterocycles. The Bertz CT molecular complexity index is 1280. The monoisotopic (exact) mass is 543 g/mol. The Balaban J connectivity index is 1.92. The van der Waals surface area contributed by atoms with Gasteiger partial charge in [-0.05, 0) is 87.4 Å². The first-order chi connectivity index (χ1) is 17.0. The number of rotatable bonds is 6. The quantitative estimate of drug-likeness (QED) is 0.255. The lowest BCUT2D eigenvalue weighted by Gasteiger charge is -2.36. The lowest BCUT2D eigenvalue weighted by Crippen LogP contribution is -2.43. The molecule has 3 aromatic rings. The standard InChI is InChI=1S/C27H34FN3O4SSi/c1-26(2,3)34-25(33)31(19-13-11-18(28)12-14-19)24-30-23(29)22(36-24)21(32)17-9-15-20(16-10-17)35-37(7,8)27(4,5)6/h9-16H,29H2,1-8H3. The summed E-state index contributed by atoms with van der Waals surface area (Å²) < 4.78 is 25.4. The molecule has 2 aromatic carbocycles. The largest absolute Gasteiger partial charge is 0.544 e. The van der Waals surface area contributed by atoms with Gasteiger partial charge in [-0.3, -0.25) is 4.79 Å². The van der Waals surface area contributed by atoms with Crippen LogP contribution in [0.4, 0.5) is 25.8 Å². The van der Waals surface area contributed by atoms with E-state index < -0.39 is 25.8 Å². The zero-order valence-corrected chi connectivity index (χ0v) is 24.3. The molecule has 37 heavy (non-hydrogen) atoms. The number of ether oxygens (including phenoxy) is 1. The second-order valence-corrected chi connectivity index (χ2v) is 16.9. The van der Waals surface area contributed by atoms with Crippen molar-refractivity contribution in [2.45, 2.75) is 65.3 Å². The van der Waals surface area contributed by atoms with E-state index in [0.717, 1.165) is 11.3 Å². The van der Waals surface area contributed by atoms with E-state index in [4.69, 9.17) is 14.9 Å². The van der Waals surface area contributed by atoms with Crippen LogP contribution in [0, 0.1) is 5.82 Å². The van der Waals surface area contributed by atoms with Crippen molar-refractivity contribution in [1.82, 2.24) is 4.98 Å². The molecule has 0 aliphatic rings. The molecule has 0 atom stereocenters. The highest BCUT2D eigenvalue weighted by Gasteiger charge is 2.39. The number of nitrogens with zero attached hydrogens (tertiary/aromatic N) is 2. The Kier molecular flexibility index (Phi) is 7.85. The van der Waals surface area contributed by atoms with Gasteiger partial charge in [0.25, 0.3) is 0 Å². The number of halogens is 1. The lowest BCUT2D eigenvalue weighted by atomic mass is 10.1. The molecule has 0 aliphatic carbocycles. The van der Waals surface area contributed by atoms with Gasteiger partial charge in [-0.15, -0.1) is 0 Å². The molecular formula is C27H34FN3O4SSi. The van der Waals surface area contributed by atoms with Crippen LogP contribution < -0.4 is 15.1 Å². The fourth-order valence-electron chi connectivity index (χ4n) is 3.02. The van der Waals surface area contributed by atoms with Crippen molar-refractivity contribution >= 4 is 48.2 Å². The molecule has 2 N–H and O–H groups in total. The third kappa shape index (κ3) is 6.75. The Hall–Kier alpha value is -3.24. The van der Waals surface area contributed by atoms with E-state index >= 15 is 0 Å².